The fraction of sp³-hybridized carbons (Fsp3) is 0.562. The lowest BCUT2D eigenvalue weighted by Crippen LogP contribution is -2.52. The van der Waals surface area contributed by atoms with Crippen molar-refractivity contribution >= 4 is 34.1 Å². The molecule has 3 aliphatic heterocycles. The first kappa shape index (κ1) is 30.4. The molecular weight excluding hydrogens is 550 g/mol. The Kier molecular flexibility index (Phi) is 9.44. The summed E-state index contributed by atoms with van der Waals surface area (Å²) in [5.74, 6) is -0.392. The fourth-order valence-corrected chi connectivity index (χ4v) is 6.95. The molecule has 2 amide bonds. The number of hydrogen-bond acceptors (Lipinski definition) is 8. The highest BCUT2D eigenvalue weighted by atomic mass is 32.1. The first-order valence-electron chi connectivity index (χ1n) is 15.0. The molecule has 0 radical (unpaired) electrons. The molecule has 226 valence electrons. The highest BCUT2D eigenvalue weighted by Crippen LogP contribution is 2.34. The minimum Gasteiger partial charge on any atom is -0.367 e. The predicted molar refractivity (Wildman–Crippen MR) is 166 cm³/mol. The Morgan fingerprint density at radius 2 is 1.88 bits per heavy atom. The van der Waals surface area contributed by atoms with Gasteiger partial charge in [-0.1, -0.05) is 44.1 Å². The Morgan fingerprint density at radius 3 is 2.55 bits per heavy atom. The molecule has 3 saturated heterocycles. The Bertz CT molecular complexity index is 1310. The molecule has 0 bridgehead atoms. The summed E-state index contributed by atoms with van der Waals surface area (Å²) >= 11 is 1.64. The number of ketones is 1. The standard InChI is InChI=1S/C32H43N5O4S/c1-6-21(4)16-25(31(40)37-17-24(15-20(2)3)29-28(37)27(38)18-41-29)33-30(39)23-9-7-22(8-10-23)26-19-42-32(34-26)36-13-11-35(5)12-14-36/h7-10,15,19,21,24-25,28-29H,6,11-14,16-18H2,1-5H3,(H,33,39). The number of allylic oxidation sites excluding steroid dienone is 1. The second kappa shape index (κ2) is 13.1. The van der Waals surface area contributed by atoms with E-state index in [0.717, 1.165) is 54.6 Å². The van der Waals surface area contributed by atoms with Gasteiger partial charge in [0.15, 0.2) is 10.9 Å². The number of rotatable bonds is 9. The van der Waals surface area contributed by atoms with Crippen molar-refractivity contribution in [1.29, 1.82) is 0 Å². The number of amides is 2. The number of nitrogens with zero attached hydrogens (tertiary/aromatic N) is 4. The van der Waals surface area contributed by atoms with Crippen molar-refractivity contribution in [2.24, 2.45) is 11.8 Å². The van der Waals surface area contributed by atoms with Crippen molar-refractivity contribution in [2.45, 2.75) is 58.7 Å². The Balaban J connectivity index is 1.29. The van der Waals surface area contributed by atoms with Crippen molar-refractivity contribution in [2.75, 3.05) is 51.3 Å². The second-order valence-electron chi connectivity index (χ2n) is 12.2. The third-order valence-corrected chi connectivity index (χ3v) is 9.60. The lowest BCUT2D eigenvalue weighted by atomic mass is 9.97. The van der Waals surface area contributed by atoms with Crippen LogP contribution in [0.1, 0.15) is 50.9 Å². The van der Waals surface area contributed by atoms with Gasteiger partial charge in [0.05, 0.1) is 11.8 Å². The average molecular weight is 594 g/mol. The van der Waals surface area contributed by atoms with Crippen LogP contribution in [0.15, 0.2) is 41.3 Å². The number of ether oxygens (including phenoxy) is 1. The van der Waals surface area contributed by atoms with E-state index in [1.54, 1.807) is 28.4 Å². The summed E-state index contributed by atoms with van der Waals surface area (Å²) in [5.41, 5.74) is 3.45. The van der Waals surface area contributed by atoms with E-state index in [0.29, 0.717) is 18.5 Å². The van der Waals surface area contributed by atoms with Gasteiger partial charge in [0.2, 0.25) is 5.91 Å². The smallest absolute Gasteiger partial charge is 0.251 e. The molecule has 0 aliphatic carbocycles. The number of hydrogen-bond donors (Lipinski definition) is 1. The van der Waals surface area contributed by atoms with Gasteiger partial charge < -0.3 is 24.8 Å². The monoisotopic (exact) mass is 593 g/mol. The molecule has 1 aromatic heterocycles. The van der Waals surface area contributed by atoms with Gasteiger partial charge in [-0.3, -0.25) is 14.4 Å². The molecule has 42 heavy (non-hydrogen) atoms. The summed E-state index contributed by atoms with van der Waals surface area (Å²) in [6.45, 7) is 12.6. The van der Waals surface area contributed by atoms with E-state index in [1.165, 1.54) is 0 Å². The van der Waals surface area contributed by atoms with E-state index < -0.39 is 12.1 Å². The normalized spacial score (nSPS) is 23.9. The van der Waals surface area contributed by atoms with Crippen LogP contribution in [0.25, 0.3) is 11.3 Å². The summed E-state index contributed by atoms with van der Waals surface area (Å²) in [5, 5.41) is 6.09. The molecule has 1 aromatic carbocycles. The number of thiazole rings is 1. The molecular formula is C32H43N5O4S. The van der Waals surface area contributed by atoms with Crippen LogP contribution in [-0.2, 0) is 14.3 Å². The van der Waals surface area contributed by atoms with E-state index in [-0.39, 0.29) is 42.1 Å². The zero-order valence-electron chi connectivity index (χ0n) is 25.3. The highest BCUT2D eigenvalue weighted by molar-refractivity contribution is 7.14. The number of aromatic nitrogens is 1. The Hall–Kier alpha value is -3.08. The van der Waals surface area contributed by atoms with E-state index >= 15 is 0 Å². The second-order valence-corrected chi connectivity index (χ2v) is 13.1. The van der Waals surface area contributed by atoms with Crippen LogP contribution < -0.4 is 10.2 Å². The van der Waals surface area contributed by atoms with Crippen LogP contribution in [0, 0.1) is 11.8 Å². The van der Waals surface area contributed by atoms with E-state index in [2.05, 4.69) is 47.5 Å². The van der Waals surface area contributed by atoms with E-state index in [4.69, 9.17) is 9.72 Å². The number of fused-ring (bicyclic) bond motifs is 1. The maximum absolute atomic E-state index is 13.9. The Morgan fingerprint density at radius 1 is 1.17 bits per heavy atom. The molecule has 3 aliphatic rings. The van der Waals surface area contributed by atoms with Crippen LogP contribution in [0.2, 0.25) is 0 Å². The fourth-order valence-electron chi connectivity index (χ4n) is 6.06. The minimum absolute atomic E-state index is 0.0246. The zero-order valence-corrected chi connectivity index (χ0v) is 26.2. The number of piperazine rings is 1. The van der Waals surface area contributed by atoms with Gasteiger partial charge in [-0.25, -0.2) is 4.98 Å². The maximum Gasteiger partial charge on any atom is 0.251 e. The molecule has 2 aromatic rings. The first-order valence-corrected chi connectivity index (χ1v) is 15.9. The summed E-state index contributed by atoms with van der Waals surface area (Å²) in [7, 11) is 2.14. The number of benzene rings is 1. The van der Waals surface area contributed by atoms with Crippen LogP contribution in [0.5, 0.6) is 0 Å². The number of likely N-dealkylation sites (tertiary alicyclic amines) is 1. The van der Waals surface area contributed by atoms with Gasteiger partial charge in [0.25, 0.3) is 5.91 Å². The quantitative estimate of drug-likeness (QED) is 0.442. The van der Waals surface area contributed by atoms with Crippen molar-refractivity contribution in [3.63, 3.8) is 0 Å². The molecule has 0 saturated carbocycles. The predicted octanol–water partition coefficient (Wildman–Crippen LogP) is 3.86. The van der Waals surface area contributed by atoms with Gasteiger partial charge in [0.1, 0.15) is 18.7 Å². The van der Waals surface area contributed by atoms with Crippen molar-refractivity contribution in [3.8, 4) is 11.3 Å². The van der Waals surface area contributed by atoms with E-state index in [1.807, 2.05) is 26.0 Å². The Labute approximate surface area is 252 Å². The van der Waals surface area contributed by atoms with Gasteiger partial charge >= 0.3 is 0 Å². The van der Waals surface area contributed by atoms with Crippen LogP contribution in [0.3, 0.4) is 0 Å². The van der Waals surface area contributed by atoms with Crippen LogP contribution in [0.4, 0.5) is 5.13 Å². The first-order chi connectivity index (χ1) is 20.1. The molecule has 10 heteroatoms. The van der Waals surface area contributed by atoms with Gasteiger partial charge in [-0.15, -0.1) is 11.3 Å². The molecule has 9 nitrogen and oxygen atoms in total. The third-order valence-electron chi connectivity index (χ3n) is 8.70. The summed E-state index contributed by atoms with van der Waals surface area (Å²) in [6, 6.07) is 6.07. The summed E-state index contributed by atoms with van der Waals surface area (Å²) < 4.78 is 5.82. The lowest BCUT2D eigenvalue weighted by Gasteiger charge is -2.32. The minimum atomic E-state index is -0.726. The number of carbonyl (C=O) groups is 3. The van der Waals surface area contributed by atoms with Crippen molar-refractivity contribution in [1.82, 2.24) is 20.1 Å². The lowest BCUT2D eigenvalue weighted by molar-refractivity contribution is -0.138. The van der Waals surface area contributed by atoms with Gasteiger partial charge in [-0.2, -0.15) is 0 Å². The third kappa shape index (κ3) is 6.61. The van der Waals surface area contributed by atoms with E-state index in [9.17, 15) is 14.4 Å². The van der Waals surface area contributed by atoms with Crippen molar-refractivity contribution < 1.29 is 19.1 Å². The molecule has 5 rings (SSSR count). The molecule has 5 unspecified atom stereocenters. The summed E-state index contributed by atoms with van der Waals surface area (Å²) in [4.78, 5) is 51.3. The van der Waals surface area contributed by atoms with Crippen LogP contribution in [-0.4, -0.2) is 96.9 Å². The molecule has 5 atom stereocenters. The summed E-state index contributed by atoms with van der Waals surface area (Å²) in [6.07, 6.45) is 3.14. The van der Waals surface area contributed by atoms with Gasteiger partial charge in [-0.05, 0) is 45.4 Å². The van der Waals surface area contributed by atoms with Gasteiger partial charge in [0, 0.05) is 55.1 Å². The largest absolute Gasteiger partial charge is 0.367 e. The highest BCUT2D eigenvalue weighted by Gasteiger charge is 2.52. The molecule has 0 spiro atoms. The molecule has 1 N–H and O–H groups in total. The molecule has 3 fully saturated rings. The zero-order chi connectivity index (χ0) is 30.0. The number of carbonyl (C=O) groups excluding carboxylic acids is 3. The van der Waals surface area contributed by atoms with Crippen LogP contribution >= 0.6 is 11.3 Å². The number of likely N-dealkylation sites (N-methyl/N-ethyl adjacent to an activating group) is 1. The topological polar surface area (TPSA) is 95.1 Å². The number of Topliss-reactive ketones (excluding diaryl/α,β-unsaturated/α-hetero) is 1. The molecule has 4 heterocycles. The maximum atomic E-state index is 13.9. The van der Waals surface area contributed by atoms with Crippen molar-refractivity contribution in [3.05, 3.63) is 46.9 Å². The average Bonchev–Trinajstić information content (AvgIpc) is 3.70. The number of anilines is 1. The number of nitrogens with one attached hydrogen (secondary N) is 1. The SMILES string of the molecule is CCC(C)CC(NC(=O)c1ccc(-c2csc(N3CCN(C)CC3)n2)cc1)C(=O)N1CC(C=C(C)C)C2OCC(=O)C21.